The maximum Gasteiger partial charge on any atom is 0.339 e. The molecule has 0 saturated heterocycles. The third-order valence-electron chi connectivity index (χ3n) is 13.5. The van der Waals surface area contributed by atoms with Crippen LogP contribution in [0, 0.1) is 216 Å². The fourth-order valence-electron chi connectivity index (χ4n) is 8.70. The molecule has 1 aliphatic carbocycles. The molecule has 0 bridgehead atoms. The van der Waals surface area contributed by atoms with E-state index in [2.05, 4.69) is 91.4 Å². The summed E-state index contributed by atoms with van der Waals surface area (Å²) in [5.41, 5.74) is -9.13. The largest absolute Gasteiger partial charge is 0.832 e. The Labute approximate surface area is 571 Å². The van der Waals surface area contributed by atoms with E-state index in [1.807, 2.05) is 0 Å². The lowest BCUT2D eigenvalue weighted by atomic mass is 9.90. The molecule has 107 heavy (non-hydrogen) atoms. The Morgan fingerprint density at radius 1 is 0.243 bits per heavy atom. The Morgan fingerprint density at radius 2 is 0.421 bits per heavy atom. The summed E-state index contributed by atoms with van der Waals surface area (Å²) >= 11 is 0. The van der Waals surface area contributed by atoms with E-state index < -0.39 is 261 Å². The summed E-state index contributed by atoms with van der Waals surface area (Å²) in [5.74, 6) is -86.0. The molecule has 40 heteroatoms. The average molecular weight is 1570 g/mol. The molecule has 2 N–H and O–H groups in total. The Kier molecular flexibility index (Phi) is 27.5. The first kappa shape index (κ1) is 84.7. The molecule has 10 aromatic rings. The van der Waals surface area contributed by atoms with Crippen molar-refractivity contribution in [2.45, 2.75) is 0 Å². The summed E-state index contributed by atoms with van der Waals surface area (Å²) in [6.45, 7) is 0. The van der Waals surface area contributed by atoms with E-state index in [1.165, 1.54) is 22.3 Å². The summed E-state index contributed by atoms with van der Waals surface area (Å²) in [6, 6.07) is 20.2. The van der Waals surface area contributed by atoms with Gasteiger partial charge in [0, 0.05) is 64.1 Å². The molecule has 11 rings (SSSR count). The molecule has 0 atom stereocenters. The van der Waals surface area contributed by atoms with Crippen LogP contribution in [0.5, 0.6) is 0 Å². The molecule has 0 spiro atoms. The monoisotopic (exact) mass is 1570 g/mol. The van der Waals surface area contributed by atoms with Crippen molar-refractivity contribution in [2.24, 2.45) is 0 Å². The van der Waals surface area contributed by atoms with E-state index in [4.69, 9.17) is 15.1 Å². The van der Waals surface area contributed by atoms with E-state index in [1.54, 1.807) is 0 Å². The normalized spacial score (nSPS) is 11.3. The number of hydrogen-bond donors (Lipinski definition) is 2. The molecular weight excluding hydrogens is 1550 g/mol. The third kappa shape index (κ3) is 17.3. The molecule has 0 amide bonds. The van der Waals surface area contributed by atoms with Crippen LogP contribution < -0.4 is 5.02 Å². The van der Waals surface area contributed by atoms with Gasteiger partial charge < -0.3 is 15.1 Å². The van der Waals surface area contributed by atoms with Crippen LogP contribution in [-0.2, 0) is 0 Å². The highest BCUT2D eigenvalue weighted by atomic mass is 19.2. The lowest BCUT2D eigenvalue weighted by Crippen LogP contribution is -2.29. The highest BCUT2D eigenvalue weighted by Gasteiger charge is 2.36. The molecule has 0 saturated carbocycles. The molecule has 10 aromatic carbocycles. The molecule has 0 aliphatic heterocycles. The summed E-state index contributed by atoms with van der Waals surface area (Å²) in [7, 11) is -2.42. The van der Waals surface area contributed by atoms with Crippen LogP contribution in [-0.4, -0.2) is 17.4 Å². The highest BCUT2D eigenvalue weighted by Crippen LogP contribution is 2.41. The van der Waals surface area contributed by atoms with Crippen LogP contribution in [0.25, 0.3) is 50.1 Å². The van der Waals surface area contributed by atoms with Crippen molar-refractivity contribution < 1.29 is 173 Å². The first-order valence-corrected chi connectivity index (χ1v) is 27.3. The topological polar surface area (TPSA) is 63.5 Å². The van der Waals surface area contributed by atoms with Gasteiger partial charge in [-0.25, -0.2) is 158 Å². The van der Waals surface area contributed by atoms with E-state index in [9.17, 15) is 158 Å². The van der Waals surface area contributed by atoms with Gasteiger partial charge in [0.1, 0.15) is 5.57 Å². The Morgan fingerprint density at radius 3 is 0.598 bits per heavy atom. The van der Waals surface area contributed by atoms with Gasteiger partial charge in [-0.15, -0.1) is 0 Å². The summed E-state index contributed by atoms with van der Waals surface area (Å²) in [5, 5.41) is 22.8. The van der Waals surface area contributed by atoms with Crippen LogP contribution in [0.2, 0.25) is 0 Å². The van der Waals surface area contributed by atoms with E-state index in [-0.39, 0.29) is 24.3 Å². The van der Waals surface area contributed by atoms with Crippen molar-refractivity contribution >= 4 is 12.9 Å². The number of rotatable bonds is 6. The standard InChI is InChI=1S/C19H15.4C12HF9.BH2O3/c1-4-10-16(11-5-1)19(17-12-6-2-7-13-17)18-14-8-3-9-15-18;4*13-3-1-2(5(14)9(18)6(3)15)4-7(16)10(19)12(21)11(20)8(4)17;2-1(3)4/h1-15H;4*1H;2-3H/q+1;;;;;-1. The van der Waals surface area contributed by atoms with Crippen molar-refractivity contribution in [1.82, 2.24) is 0 Å². The van der Waals surface area contributed by atoms with Gasteiger partial charge >= 0.3 is 7.32 Å². The number of halogens is 36. The molecule has 0 unspecified atom stereocenters. The van der Waals surface area contributed by atoms with Crippen LogP contribution in [0.3, 0.4) is 0 Å². The minimum absolute atomic E-state index is 0.216. The van der Waals surface area contributed by atoms with Crippen molar-refractivity contribution in [2.75, 3.05) is 0 Å². The van der Waals surface area contributed by atoms with Crippen LogP contribution in [0.15, 0.2) is 115 Å². The molecule has 3 nitrogen and oxygen atoms in total. The van der Waals surface area contributed by atoms with Crippen LogP contribution >= 0.6 is 0 Å². The van der Waals surface area contributed by atoms with E-state index in [0.29, 0.717) is 0 Å². The zero-order valence-electron chi connectivity index (χ0n) is 50.5. The van der Waals surface area contributed by atoms with Gasteiger partial charge in [0.05, 0.1) is 27.8 Å². The predicted molar refractivity (Wildman–Crippen MR) is 298 cm³/mol. The predicted octanol–water partition coefficient (Wildman–Crippen LogP) is 20.6. The van der Waals surface area contributed by atoms with Gasteiger partial charge in [0.2, 0.25) is 23.3 Å². The lowest BCUT2D eigenvalue weighted by Gasteiger charge is -2.10. The van der Waals surface area contributed by atoms with Crippen molar-refractivity contribution in [1.29, 1.82) is 0 Å². The van der Waals surface area contributed by atoms with Crippen LogP contribution in [0.4, 0.5) is 158 Å². The molecule has 0 radical (unpaired) electrons. The number of benzene rings is 10. The zero-order chi connectivity index (χ0) is 80.7. The Bertz CT molecular complexity index is 4530. The van der Waals surface area contributed by atoms with Gasteiger partial charge in [-0.3, -0.25) is 0 Å². The maximum atomic E-state index is 13.4. The second-order valence-corrected chi connectivity index (χ2v) is 20.0. The quantitative estimate of drug-likeness (QED) is 0.0573. The van der Waals surface area contributed by atoms with Gasteiger partial charge in [0.25, 0.3) is 0 Å². The molecule has 1 aliphatic rings. The van der Waals surface area contributed by atoms with Gasteiger partial charge in [-0.2, -0.15) is 0 Å². The van der Waals surface area contributed by atoms with Gasteiger partial charge in [-0.1, -0.05) is 36.4 Å². The van der Waals surface area contributed by atoms with Crippen LogP contribution in [0.1, 0.15) is 11.1 Å². The number of allylic oxidation sites excluding steroid dienone is 5. The van der Waals surface area contributed by atoms with Crippen molar-refractivity contribution in [3.05, 3.63) is 342 Å². The third-order valence-corrected chi connectivity index (χ3v) is 13.5. The minimum Gasteiger partial charge on any atom is -0.832 e. The second kappa shape index (κ2) is 34.8. The van der Waals surface area contributed by atoms with E-state index >= 15 is 0 Å². The summed E-state index contributed by atoms with van der Waals surface area (Å²) in [4.78, 5) is 0. The number of hydrogen-bond acceptors (Lipinski definition) is 3. The minimum atomic E-state index is -2.53. The lowest BCUT2D eigenvalue weighted by molar-refractivity contribution is -0.242. The van der Waals surface area contributed by atoms with Gasteiger partial charge in [-0.05, 0) is 48.5 Å². The summed E-state index contributed by atoms with van der Waals surface area (Å²) < 4.78 is 470. The molecule has 562 valence electrons. The Balaban J connectivity index is 0.000000207. The van der Waals surface area contributed by atoms with E-state index in [0.717, 1.165) is 0 Å². The molecule has 0 heterocycles. The highest BCUT2D eigenvalue weighted by molar-refractivity contribution is 6.28. The first-order chi connectivity index (χ1) is 49.9. The van der Waals surface area contributed by atoms with Crippen molar-refractivity contribution in [3.8, 4) is 44.5 Å². The average Bonchev–Trinajstić information content (AvgIpc) is 0.780. The second-order valence-electron chi connectivity index (χ2n) is 20.0. The smallest absolute Gasteiger partial charge is 0.339 e. The summed E-state index contributed by atoms with van der Waals surface area (Å²) in [6.07, 6.45) is 10.5. The zero-order valence-corrected chi connectivity index (χ0v) is 50.5. The molecular formula is C67H21BF36O3. The Hall–Kier alpha value is -11.3. The molecule has 0 fully saturated rings. The first-order valence-electron chi connectivity index (χ1n) is 27.3. The van der Waals surface area contributed by atoms with Gasteiger partial charge in [0.15, 0.2) is 186 Å². The fraction of sp³-hybridized carbons (Fsp3) is 0. The maximum absolute atomic E-state index is 13.4. The SMILES string of the molecule is C1=C[CH+]C(=C(c2ccccc2)c2ccccc2)C=C1.Fc1cc(-c2c(F)c(F)c(F)c(F)c2F)c(F)c(F)c1F.Fc1cc(-c2c(F)c(F)c(F)c(F)c2F)c(F)c(F)c1F.Fc1cc(-c2c(F)c(F)c(F)c(F)c2F)c(F)c(F)c1F.Fc1cc(-c2c(F)c(F)c(F)c(F)c2F)c(F)c(F)c1F.[O-]B(O)O. The van der Waals surface area contributed by atoms with Crippen molar-refractivity contribution in [3.63, 3.8) is 0 Å². The molecule has 0 aromatic heterocycles. The fourth-order valence-corrected chi connectivity index (χ4v) is 8.70.